The Balaban J connectivity index is 1.47. The molecule has 5 nitrogen and oxygen atoms in total. The maximum atomic E-state index is 12.2. The van der Waals surface area contributed by atoms with Crippen LogP contribution in [0.15, 0.2) is 54.7 Å². The van der Waals surface area contributed by atoms with Gasteiger partial charge in [0.25, 0.3) is 5.91 Å². The number of H-pyrrole nitrogens is 1. The van der Waals surface area contributed by atoms with E-state index in [0.29, 0.717) is 18.8 Å². The quantitative estimate of drug-likeness (QED) is 0.849. The summed E-state index contributed by atoms with van der Waals surface area (Å²) < 4.78 is 0. The van der Waals surface area contributed by atoms with Crippen LogP contribution in [0.3, 0.4) is 0 Å². The molecule has 1 aromatic carbocycles. The van der Waals surface area contributed by atoms with Crippen LogP contribution in [0.25, 0.3) is 6.08 Å². The zero-order valence-corrected chi connectivity index (χ0v) is 13.4. The molecule has 2 heterocycles. The van der Waals surface area contributed by atoms with E-state index in [9.17, 15) is 9.59 Å². The van der Waals surface area contributed by atoms with Crippen molar-refractivity contribution in [1.29, 1.82) is 0 Å². The van der Waals surface area contributed by atoms with Gasteiger partial charge in [-0.3, -0.25) is 9.59 Å². The topological polar surface area (TPSA) is 65.2 Å². The molecular formula is C19H21N3O2. The van der Waals surface area contributed by atoms with Gasteiger partial charge >= 0.3 is 0 Å². The van der Waals surface area contributed by atoms with Gasteiger partial charge in [0, 0.05) is 31.4 Å². The highest BCUT2D eigenvalue weighted by molar-refractivity contribution is 5.93. The summed E-state index contributed by atoms with van der Waals surface area (Å²) in [6.07, 6.45) is 6.73. The van der Waals surface area contributed by atoms with Gasteiger partial charge in [0.05, 0.1) is 0 Å². The largest absolute Gasteiger partial charge is 0.357 e. The van der Waals surface area contributed by atoms with Crippen LogP contribution in [0.2, 0.25) is 0 Å². The third kappa shape index (κ3) is 4.13. The predicted octanol–water partition coefficient (Wildman–Crippen LogP) is 2.45. The molecular weight excluding hydrogens is 302 g/mol. The zero-order chi connectivity index (χ0) is 16.8. The van der Waals surface area contributed by atoms with Crippen molar-refractivity contribution in [2.45, 2.75) is 18.9 Å². The fraction of sp³-hybridized carbons (Fsp3) is 0.263. The molecule has 3 rings (SSSR count). The molecule has 2 N–H and O–H groups in total. The lowest BCUT2D eigenvalue weighted by molar-refractivity contribution is -0.126. The highest BCUT2D eigenvalue weighted by Gasteiger charge is 2.23. The number of benzene rings is 1. The number of aromatic amines is 1. The van der Waals surface area contributed by atoms with Gasteiger partial charge in [0.1, 0.15) is 5.69 Å². The summed E-state index contributed by atoms with van der Waals surface area (Å²) in [5.74, 6) is -0.0678. The van der Waals surface area contributed by atoms with Gasteiger partial charge in [-0.1, -0.05) is 30.3 Å². The maximum absolute atomic E-state index is 12.2. The van der Waals surface area contributed by atoms with E-state index in [1.54, 1.807) is 24.4 Å². The van der Waals surface area contributed by atoms with Crippen LogP contribution >= 0.6 is 0 Å². The monoisotopic (exact) mass is 323 g/mol. The Morgan fingerprint density at radius 3 is 2.50 bits per heavy atom. The molecule has 1 aliphatic heterocycles. The summed E-state index contributed by atoms with van der Waals surface area (Å²) in [5.41, 5.74) is 1.58. The molecule has 0 unspecified atom stereocenters. The first-order chi connectivity index (χ1) is 11.7. The van der Waals surface area contributed by atoms with Crippen LogP contribution in [0, 0.1) is 0 Å². The van der Waals surface area contributed by atoms with Gasteiger partial charge in [-0.15, -0.1) is 0 Å². The number of aromatic nitrogens is 1. The number of piperidine rings is 1. The van der Waals surface area contributed by atoms with Gasteiger partial charge in [0.2, 0.25) is 5.91 Å². The molecule has 2 aromatic rings. The summed E-state index contributed by atoms with van der Waals surface area (Å²) in [4.78, 5) is 29.0. The molecule has 0 saturated carbocycles. The highest BCUT2D eigenvalue weighted by atomic mass is 16.2. The smallest absolute Gasteiger partial charge is 0.267 e. The molecule has 0 bridgehead atoms. The molecule has 1 saturated heterocycles. The number of hydrogen-bond donors (Lipinski definition) is 2. The van der Waals surface area contributed by atoms with E-state index in [4.69, 9.17) is 0 Å². The van der Waals surface area contributed by atoms with Crippen LogP contribution in [-0.4, -0.2) is 40.8 Å². The normalized spacial score (nSPS) is 15.6. The Bertz CT molecular complexity index is 699. The number of likely N-dealkylation sites (tertiary alicyclic amines) is 1. The summed E-state index contributed by atoms with van der Waals surface area (Å²) in [6, 6.07) is 13.4. The van der Waals surface area contributed by atoms with Crippen molar-refractivity contribution in [3.05, 3.63) is 66.0 Å². The van der Waals surface area contributed by atoms with Gasteiger partial charge in [-0.25, -0.2) is 0 Å². The van der Waals surface area contributed by atoms with Crippen molar-refractivity contribution >= 4 is 17.9 Å². The molecule has 0 aliphatic carbocycles. The van der Waals surface area contributed by atoms with Crippen LogP contribution in [-0.2, 0) is 4.79 Å². The van der Waals surface area contributed by atoms with Crippen LogP contribution in [0.4, 0.5) is 0 Å². The van der Waals surface area contributed by atoms with Crippen LogP contribution < -0.4 is 5.32 Å². The first-order valence-corrected chi connectivity index (χ1v) is 8.18. The second-order valence-electron chi connectivity index (χ2n) is 5.90. The fourth-order valence-electron chi connectivity index (χ4n) is 2.82. The predicted molar refractivity (Wildman–Crippen MR) is 93.3 cm³/mol. The average molecular weight is 323 g/mol. The Hall–Kier alpha value is -2.82. The van der Waals surface area contributed by atoms with Gasteiger partial charge < -0.3 is 15.2 Å². The van der Waals surface area contributed by atoms with E-state index in [2.05, 4.69) is 10.3 Å². The Morgan fingerprint density at radius 2 is 1.83 bits per heavy atom. The molecule has 0 radical (unpaired) electrons. The highest BCUT2D eigenvalue weighted by Crippen LogP contribution is 2.12. The molecule has 2 amide bonds. The second kappa shape index (κ2) is 7.64. The third-order valence-electron chi connectivity index (χ3n) is 4.20. The van der Waals surface area contributed by atoms with Crippen molar-refractivity contribution < 1.29 is 9.59 Å². The van der Waals surface area contributed by atoms with Gasteiger partial charge in [0.15, 0.2) is 0 Å². The van der Waals surface area contributed by atoms with E-state index in [1.165, 1.54) is 0 Å². The Kier molecular flexibility index (Phi) is 5.11. The van der Waals surface area contributed by atoms with Crippen LogP contribution in [0.5, 0.6) is 0 Å². The molecule has 1 aromatic heterocycles. The van der Waals surface area contributed by atoms with Crippen molar-refractivity contribution in [2.75, 3.05) is 13.1 Å². The second-order valence-corrected chi connectivity index (χ2v) is 5.90. The molecule has 0 atom stereocenters. The molecule has 1 fully saturated rings. The van der Waals surface area contributed by atoms with E-state index < -0.39 is 0 Å². The van der Waals surface area contributed by atoms with E-state index in [-0.39, 0.29) is 17.9 Å². The van der Waals surface area contributed by atoms with E-state index >= 15 is 0 Å². The number of carbonyl (C=O) groups excluding carboxylic acids is 2. The molecule has 0 spiro atoms. The minimum atomic E-state index is -0.0891. The first kappa shape index (κ1) is 16.1. The maximum Gasteiger partial charge on any atom is 0.267 e. The van der Waals surface area contributed by atoms with Crippen LogP contribution in [0.1, 0.15) is 28.9 Å². The average Bonchev–Trinajstić information content (AvgIpc) is 3.16. The van der Waals surface area contributed by atoms with Crippen molar-refractivity contribution in [3.8, 4) is 0 Å². The minimum absolute atomic E-state index is 0.0213. The number of hydrogen-bond acceptors (Lipinski definition) is 2. The third-order valence-corrected chi connectivity index (χ3v) is 4.20. The lowest BCUT2D eigenvalue weighted by Crippen LogP contribution is -2.46. The molecule has 1 aliphatic rings. The lowest BCUT2D eigenvalue weighted by atomic mass is 10.0. The number of nitrogens with zero attached hydrogens (tertiary/aromatic N) is 1. The summed E-state index contributed by atoms with van der Waals surface area (Å²) in [5, 5.41) is 3.01. The lowest BCUT2D eigenvalue weighted by Gasteiger charge is -2.31. The van der Waals surface area contributed by atoms with E-state index in [0.717, 1.165) is 18.4 Å². The van der Waals surface area contributed by atoms with Gasteiger partial charge in [-0.05, 0) is 36.6 Å². The fourth-order valence-corrected chi connectivity index (χ4v) is 2.82. The summed E-state index contributed by atoms with van der Waals surface area (Å²) in [7, 11) is 0. The van der Waals surface area contributed by atoms with Crippen molar-refractivity contribution in [1.82, 2.24) is 15.2 Å². The SMILES string of the molecule is O=C(NC1CCN(C(=O)C=Cc2ccccc2)CC1)c1ccc[nH]1. The van der Waals surface area contributed by atoms with E-state index in [1.807, 2.05) is 41.3 Å². The van der Waals surface area contributed by atoms with Gasteiger partial charge in [-0.2, -0.15) is 0 Å². The zero-order valence-electron chi connectivity index (χ0n) is 13.4. The minimum Gasteiger partial charge on any atom is -0.357 e. The molecule has 124 valence electrons. The Labute approximate surface area is 141 Å². The van der Waals surface area contributed by atoms with Crippen molar-refractivity contribution in [2.24, 2.45) is 0 Å². The van der Waals surface area contributed by atoms with Crippen molar-refractivity contribution in [3.63, 3.8) is 0 Å². The number of rotatable bonds is 4. The molecule has 24 heavy (non-hydrogen) atoms. The number of carbonyl (C=O) groups is 2. The standard InChI is InChI=1S/C19H21N3O2/c23-18(9-8-15-5-2-1-3-6-15)22-13-10-16(11-14-22)21-19(24)17-7-4-12-20-17/h1-9,12,16,20H,10-11,13-14H2,(H,21,24). The number of nitrogens with one attached hydrogen (secondary N) is 2. The summed E-state index contributed by atoms with van der Waals surface area (Å²) in [6.45, 7) is 1.32. The Morgan fingerprint density at radius 1 is 1.08 bits per heavy atom. The summed E-state index contributed by atoms with van der Waals surface area (Å²) >= 11 is 0. The first-order valence-electron chi connectivity index (χ1n) is 8.18. The number of amides is 2. The molecule has 5 heteroatoms.